The van der Waals surface area contributed by atoms with E-state index in [9.17, 15) is 0 Å². The summed E-state index contributed by atoms with van der Waals surface area (Å²) in [5, 5.41) is 0. The summed E-state index contributed by atoms with van der Waals surface area (Å²) in [6.07, 6.45) is 6.49. The fraction of sp³-hybridized carbons (Fsp3) is 0.500. The molecule has 1 aliphatic carbocycles. The van der Waals surface area contributed by atoms with E-state index >= 15 is 0 Å². The Morgan fingerprint density at radius 1 is 1.00 bits per heavy atom. The van der Waals surface area contributed by atoms with Gasteiger partial charge in [0, 0.05) is 0 Å². The van der Waals surface area contributed by atoms with E-state index in [2.05, 4.69) is 39.2 Å². The fourth-order valence-corrected chi connectivity index (χ4v) is 1.87. The predicted molar refractivity (Wildman–Crippen MR) is 55.0 cm³/mol. The lowest BCUT2D eigenvalue weighted by atomic mass is 9.77. The highest BCUT2D eigenvalue weighted by molar-refractivity contribution is 5.19. The monoisotopic (exact) mass is 162 g/mol. The van der Waals surface area contributed by atoms with Gasteiger partial charge in [-0.3, -0.25) is 0 Å². The molecule has 66 valence electrons. The standard InChI is InChI=1S/C12H18/c1-5-11-7-9(3)10(4)8-12(11)6-2/h5-6,11-12H,1-2,7-8H2,3-4H3/t11-,12+. The molecule has 0 aromatic heterocycles. The number of hydrogen-bond donors (Lipinski definition) is 0. The minimum atomic E-state index is 0.617. The molecule has 0 nitrogen and oxygen atoms in total. The maximum Gasteiger partial charge on any atom is -0.0133 e. The summed E-state index contributed by atoms with van der Waals surface area (Å²) in [5.41, 5.74) is 3.08. The lowest BCUT2D eigenvalue weighted by Crippen LogP contribution is -2.16. The second kappa shape index (κ2) is 3.75. The zero-order valence-corrected chi connectivity index (χ0v) is 8.14. The van der Waals surface area contributed by atoms with Crippen LogP contribution in [0.25, 0.3) is 0 Å². The van der Waals surface area contributed by atoms with Crippen molar-refractivity contribution in [1.82, 2.24) is 0 Å². The summed E-state index contributed by atoms with van der Waals surface area (Å²) < 4.78 is 0. The lowest BCUT2D eigenvalue weighted by molar-refractivity contribution is 0.439. The van der Waals surface area contributed by atoms with E-state index in [0.717, 1.165) is 0 Å². The topological polar surface area (TPSA) is 0 Å². The summed E-state index contributed by atoms with van der Waals surface area (Å²) in [6, 6.07) is 0. The van der Waals surface area contributed by atoms with E-state index in [1.807, 2.05) is 0 Å². The van der Waals surface area contributed by atoms with Crippen LogP contribution in [0, 0.1) is 11.8 Å². The summed E-state index contributed by atoms with van der Waals surface area (Å²) in [5.74, 6) is 1.23. The minimum absolute atomic E-state index is 0.617. The van der Waals surface area contributed by atoms with Crippen LogP contribution in [0.15, 0.2) is 36.5 Å². The molecule has 0 N–H and O–H groups in total. The lowest BCUT2D eigenvalue weighted by Gasteiger charge is -2.28. The van der Waals surface area contributed by atoms with Crippen molar-refractivity contribution in [2.24, 2.45) is 11.8 Å². The van der Waals surface area contributed by atoms with Crippen LogP contribution >= 0.6 is 0 Å². The Labute approximate surface area is 75.7 Å². The van der Waals surface area contributed by atoms with Gasteiger partial charge in [-0.1, -0.05) is 23.3 Å². The SMILES string of the molecule is C=C[C@@H]1CC(C)=C(C)C[C@@H]1C=C. The molecule has 0 saturated heterocycles. The molecule has 0 aromatic rings. The number of allylic oxidation sites excluding steroid dienone is 4. The van der Waals surface area contributed by atoms with Gasteiger partial charge in [-0.2, -0.15) is 0 Å². The molecule has 1 rings (SSSR count). The van der Waals surface area contributed by atoms with Gasteiger partial charge in [0.15, 0.2) is 0 Å². The summed E-state index contributed by atoms with van der Waals surface area (Å²) >= 11 is 0. The van der Waals surface area contributed by atoms with E-state index < -0.39 is 0 Å². The zero-order chi connectivity index (χ0) is 9.14. The third kappa shape index (κ3) is 1.69. The second-order valence-electron chi connectivity index (χ2n) is 3.77. The van der Waals surface area contributed by atoms with Crippen molar-refractivity contribution in [2.75, 3.05) is 0 Å². The van der Waals surface area contributed by atoms with Crippen molar-refractivity contribution >= 4 is 0 Å². The van der Waals surface area contributed by atoms with E-state index in [4.69, 9.17) is 0 Å². The van der Waals surface area contributed by atoms with Gasteiger partial charge in [0.05, 0.1) is 0 Å². The highest BCUT2D eigenvalue weighted by Gasteiger charge is 2.21. The summed E-state index contributed by atoms with van der Waals surface area (Å²) in [7, 11) is 0. The van der Waals surface area contributed by atoms with Crippen LogP contribution in [0.1, 0.15) is 26.7 Å². The molecule has 0 heteroatoms. The summed E-state index contributed by atoms with van der Waals surface area (Å²) in [6.45, 7) is 12.2. The number of rotatable bonds is 2. The van der Waals surface area contributed by atoms with Gasteiger partial charge in [-0.15, -0.1) is 13.2 Å². The van der Waals surface area contributed by atoms with Gasteiger partial charge in [0.2, 0.25) is 0 Å². The first-order chi connectivity index (χ1) is 5.69. The van der Waals surface area contributed by atoms with E-state index in [1.165, 1.54) is 24.0 Å². The quantitative estimate of drug-likeness (QED) is 0.543. The average molecular weight is 162 g/mol. The molecule has 12 heavy (non-hydrogen) atoms. The molecule has 0 aromatic carbocycles. The number of hydrogen-bond acceptors (Lipinski definition) is 0. The Hall–Kier alpha value is -0.780. The first-order valence-corrected chi connectivity index (χ1v) is 4.59. The van der Waals surface area contributed by atoms with Gasteiger partial charge < -0.3 is 0 Å². The molecule has 0 fully saturated rings. The Balaban J connectivity index is 2.81. The van der Waals surface area contributed by atoms with Crippen LogP contribution in [0.3, 0.4) is 0 Å². The third-order valence-electron chi connectivity index (χ3n) is 2.97. The molecular formula is C12H18. The minimum Gasteiger partial charge on any atom is -0.103 e. The Morgan fingerprint density at radius 2 is 1.33 bits per heavy atom. The van der Waals surface area contributed by atoms with Gasteiger partial charge >= 0.3 is 0 Å². The normalized spacial score (nSPS) is 30.2. The van der Waals surface area contributed by atoms with Crippen LogP contribution in [0.2, 0.25) is 0 Å². The molecule has 0 spiro atoms. The van der Waals surface area contributed by atoms with Gasteiger partial charge in [-0.05, 0) is 38.5 Å². The Kier molecular flexibility index (Phi) is 2.91. The van der Waals surface area contributed by atoms with Crippen LogP contribution in [-0.2, 0) is 0 Å². The van der Waals surface area contributed by atoms with Crippen LogP contribution in [0.5, 0.6) is 0 Å². The smallest absolute Gasteiger partial charge is 0.0133 e. The maximum absolute atomic E-state index is 3.87. The van der Waals surface area contributed by atoms with Crippen molar-refractivity contribution in [3.63, 3.8) is 0 Å². The van der Waals surface area contributed by atoms with Crippen LogP contribution in [-0.4, -0.2) is 0 Å². The molecule has 0 radical (unpaired) electrons. The van der Waals surface area contributed by atoms with E-state index in [-0.39, 0.29) is 0 Å². The van der Waals surface area contributed by atoms with Crippen molar-refractivity contribution in [2.45, 2.75) is 26.7 Å². The molecule has 0 unspecified atom stereocenters. The van der Waals surface area contributed by atoms with Gasteiger partial charge in [0.25, 0.3) is 0 Å². The Morgan fingerprint density at radius 3 is 1.58 bits per heavy atom. The fourth-order valence-electron chi connectivity index (χ4n) is 1.87. The molecule has 0 bridgehead atoms. The van der Waals surface area contributed by atoms with Crippen LogP contribution in [0.4, 0.5) is 0 Å². The van der Waals surface area contributed by atoms with Crippen molar-refractivity contribution < 1.29 is 0 Å². The Bertz CT molecular complexity index is 196. The largest absolute Gasteiger partial charge is 0.103 e. The van der Waals surface area contributed by atoms with Gasteiger partial charge in [0.1, 0.15) is 0 Å². The maximum atomic E-state index is 3.87. The molecular weight excluding hydrogens is 144 g/mol. The predicted octanol–water partition coefficient (Wildman–Crippen LogP) is 3.72. The van der Waals surface area contributed by atoms with Crippen molar-refractivity contribution in [1.29, 1.82) is 0 Å². The van der Waals surface area contributed by atoms with Crippen molar-refractivity contribution in [3.8, 4) is 0 Å². The zero-order valence-electron chi connectivity index (χ0n) is 8.14. The highest BCUT2D eigenvalue weighted by atomic mass is 14.3. The average Bonchev–Trinajstić information content (AvgIpc) is 2.09. The first kappa shape index (κ1) is 9.31. The molecule has 1 aliphatic rings. The van der Waals surface area contributed by atoms with E-state index in [1.54, 1.807) is 0 Å². The second-order valence-corrected chi connectivity index (χ2v) is 3.77. The molecule has 0 heterocycles. The van der Waals surface area contributed by atoms with E-state index in [0.29, 0.717) is 11.8 Å². The van der Waals surface area contributed by atoms with Gasteiger partial charge in [-0.25, -0.2) is 0 Å². The molecule has 0 aliphatic heterocycles. The molecule has 0 amide bonds. The molecule has 0 saturated carbocycles. The molecule has 2 atom stereocenters. The van der Waals surface area contributed by atoms with Crippen LogP contribution < -0.4 is 0 Å². The first-order valence-electron chi connectivity index (χ1n) is 4.59. The van der Waals surface area contributed by atoms with Crippen molar-refractivity contribution in [3.05, 3.63) is 36.5 Å². The third-order valence-corrected chi connectivity index (χ3v) is 2.97. The highest BCUT2D eigenvalue weighted by Crippen LogP contribution is 2.34. The summed E-state index contributed by atoms with van der Waals surface area (Å²) in [4.78, 5) is 0.